The van der Waals surface area contributed by atoms with Gasteiger partial charge in [0, 0.05) is 26.5 Å². The van der Waals surface area contributed by atoms with Crippen molar-refractivity contribution in [3.8, 4) is 22.8 Å². The average molecular weight is 487 g/mol. The highest BCUT2D eigenvalue weighted by Gasteiger charge is 2.16. The molecule has 0 aliphatic carbocycles. The summed E-state index contributed by atoms with van der Waals surface area (Å²) in [5, 5.41) is 10.4. The molecule has 0 unspecified atom stereocenters. The van der Waals surface area contributed by atoms with E-state index in [1.165, 1.54) is 0 Å². The number of benzene rings is 3. The smallest absolute Gasteiger partial charge is 0.196 e. The number of hydrogen-bond acceptors (Lipinski definition) is 4. The molecular weight excluding hydrogens is 470 g/mol. The van der Waals surface area contributed by atoms with E-state index in [1.807, 2.05) is 78.9 Å². The molecule has 7 heteroatoms. The fourth-order valence-electron chi connectivity index (χ4n) is 2.78. The predicted octanol–water partition coefficient (Wildman–Crippen LogP) is 6.52. The van der Waals surface area contributed by atoms with Crippen LogP contribution in [-0.2, 0) is 0 Å². The Bertz CT molecular complexity index is 1070. The molecule has 0 radical (unpaired) electrons. The Labute approximate surface area is 187 Å². The lowest BCUT2D eigenvalue weighted by Gasteiger charge is -2.11. The highest BCUT2D eigenvalue weighted by molar-refractivity contribution is 9.10. The minimum absolute atomic E-state index is 0.570. The van der Waals surface area contributed by atoms with Crippen molar-refractivity contribution in [3.63, 3.8) is 0 Å². The summed E-state index contributed by atoms with van der Waals surface area (Å²) < 4.78 is 8.90. The largest absolute Gasteiger partial charge is 0.493 e. The van der Waals surface area contributed by atoms with E-state index in [0.29, 0.717) is 11.6 Å². The molecule has 0 fully saturated rings. The van der Waals surface area contributed by atoms with Gasteiger partial charge in [-0.1, -0.05) is 69.6 Å². The van der Waals surface area contributed by atoms with Crippen molar-refractivity contribution in [2.75, 3.05) is 12.4 Å². The van der Waals surface area contributed by atoms with Crippen molar-refractivity contribution in [3.05, 3.63) is 88.4 Å². The minimum Gasteiger partial charge on any atom is -0.493 e. The lowest BCUT2D eigenvalue weighted by molar-refractivity contribution is 0.344. The first kappa shape index (κ1) is 20.0. The van der Waals surface area contributed by atoms with Gasteiger partial charge in [0.2, 0.25) is 0 Å². The highest BCUT2D eigenvalue weighted by atomic mass is 79.9. The zero-order valence-corrected chi connectivity index (χ0v) is 18.5. The molecule has 146 valence electrons. The molecular formula is C22H17BrClN3OS. The van der Waals surface area contributed by atoms with Gasteiger partial charge < -0.3 is 4.74 Å². The van der Waals surface area contributed by atoms with Gasteiger partial charge in [0.15, 0.2) is 11.0 Å². The minimum atomic E-state index is 0.570. The molecule has 4 aromatic rings. The molecule has 0 spiro atoms. The quantitative estimate of drug-likeness (QED) is 0.220. The number of hydrogen-bond donors (Lipinski definition) is 0. The molecule has 0 bridgehead atoms. The Kier molecular flexibility index (Phi) is 6.54. The van der Waals surface area contributed by atoms with E-state index in [1.54, 1.807) is 11.8 Å². The molecule has 0 saturated heterocycles. The summed E-state index contributed by atoms with van der Waals surface area (Å²) in [7, 11) is 0. The van der Waals surface area contributed by atoms with Crippen LogP contribution < -0.4 is 4.74 Å². The summed E-state index contributed by atoms with van der Waals surface area (Å²) in [5.41, 5.74) is 1.97. The van der Waals surface area contributed by atoms with E-state index in [2.05, 4.69) is 30.7 Å². The van der Waals surface area contributed by atoms with Crippen LogP contribution in [0.4, 0.5) is 0 Å². The standard InChI is InChI=1S/C22H17BrClN3OS/c23-17-6-12-20(13-7-17)28-14-15-29-22-26-25-21(16-4-2-1-3-5-16)27(22)19-10-8-18(24)9-11-19/h1-13H,14-15H2. The summed E-state index contributed by atoms with van der Waals surface area (Å²) in [6, 6.07) is 25.5. The van der Waals surface area contributed by atoms with Gasteiger partial charge in [0.25, 0.3) is 0 Å². The zero-order chi connectivity index (χ0) is 20.1. The van der Waals surface area contributed by atoms with Crippen molar-refractivity contribution in [1.82, 2.24) is 14.8 Å². The Morgan fingerprint density at radius 1 is 0.897 bits per heavy atom. The van der Waals surface area contributed by atoms with E-state index >= 15 is 0 Å². The van der Waals surface area contributed by atoms with Crippen LogP contribution in [0.1, 0.15) is 0 Å². The second kappa shape index (κ2) is 9.48. The molecule has 3 aromatic carbocycles. The molecule has 0 atom stereocenters. The molecule has 4 rings (SSSR count). The van der Waals surface area contributed by atoms with Crippen molar-refractivity contribution in [2.45, 2.75) is 5.16 Å². The van der Waals surface area contributed by atoms with E-state index in [9.17, 15) is 0 Å². The fraction of sp³-hybridized carbons (Fsp3) is 0.0909. The molecule has 0 amide bonds. The van der Waals surface area contributed by atoms with E-state index in [4.69, 9.17) is 16.3 Å². The highest BCUT2D eigenvalue weighted by Crippen LogP contribution is 2.28. The van der Waals surface area contributed by atoms with Crippen LogP contribution >= 0.6 is 39.3 Å². The van der Waals surface area contributed by atoms with Gasteiger partial charge in [-0.3, -0.25) is 4.57 Å². The Morgan fingerprint density at radius 3 is 2.34 bits per heavy atom. The van der Waals surface area contributed by atoms with Crippen LogP contribution in [0.2, 0.25) is 5.02 Å². The molecule has 0 saturated carbocycles. The van der Waals surface area contributed by atoms with Crippen LogP contribution in [0, 0.1) is 0 Å². The van der Waals surface area contributed by atoms with Crippen LogP contribution in [-0.4, -0.2) is 27.1 Å². The summed E-state index contributed by atoms with van der Waals surface area (Å²) in [5.74, 6) is 2.39. The van der Waals surface area contributed by atoms with E-state index in [0.717, 1.165) is 38.2 Å². The van der Waals surface area contributed by atoms with Crippen molar-refractivity contribution in [1.29, 1.82) is 0 Å². The van der Waals surface area contributed by atoms with Gasteiger partial charge in [-0.15, -0.1) is 10.2 Å². The predicted molar refractivity (Wildman–Crippen MR) is 122 cm³/mol. The number of rotatable bonds is 7. The van der Waals surface area contributed by atoms with Crippen molar-refractivity contribution in [2.24, 2.45) is 0 Å². The number of aromatic nitrogens is 3. The maximum atomic E-state index is 6.07. The number of nitrogens with zero attached hydrogens (tertiary/aromatic N) is 3. The zero-order valence-electron chi connectivity index (χ0n) is 15.3. The maximum Gasteiger partial charge on any atom is 0.196 e. The summed E-state index contributed by atoms with van der Waals surface area (Å²) in [6.45, 7) is 0.570. The number of ether oxygens (including phenoxy) is 1. The van der Waals surface area contributed by atoms with Crippen LogP contribution in [0.15, 0.2) is 88.5 Å². The van der Waals surface area contributed by atoms with E-state index < -0.39 is 0 Å². The SMILES string of the molecule is Clc1ccc(-n2c(SCCOc3ccc(Br)cc3)nnc2-c2ccccc2)cc1. The van der Waals surface area contributed by atoms with Gasteiger partial charge >= 0.3 is 0 Å². The normalized spacial score (nSPS) is 10.8. The second-order valence-corrected chi connectivity index (χ2v) is 8.55. The summed E-state index contributed by atoms with van der Waals surface area (Å²) in [6.07, 6.45) is 0. The third kappa shape index (κ3) is 5.01. The molecule has 1 heterocycles. The molecule has 1 aromatic heterocycles. The maximum absolute atomic E-state index is 6.07. The van der Waals surface area contributed by atoms with Crippen LogP contribution in [0.25, 0.3) is 17.1 Å². The van der Waals surface area contributed by atoms with E-state index in [-0.39, 0.29) is 0 Å². The number of thioether (sulfide) groups is 1. The van der Waals surface area contributed by atoms with Gasteiger partial charge in [0.05, 0.1) is 6.61 Å². The van der Waals surface area contributed by atoms with Crippen LogP contribution in [0.5, 0.6) is 5.75 Å². The van der Waals surface area contributed by atoms with Crippen LogP contribution in [0.3, 0.4) is 0 Å². The first-order chi connectivity index (χ1) is 14.2. The average Bonchev–Trinajstić information content (AvgIpc) is 3.17. The number of halogens is 2. The third-order valence-corrected chi connectivity index (χ3v) is 5.82. The third-order valence-electron chi connectivity index (χ3n) is 4.15. The van der Waals surface area contributed by atoms with Gasteiger partial charge in [-0.25, -0.2) is 0 Å². The second-order valence-electron chi connectivity index (χ2n) is 6.13. The monoisotopic (exact) mass is 485 g/mol. The molecule has 0 N–H and O–H groups in total. The topological polar surface area (TPSA) is 39.9 Å². The van der Waals surface area contributed by atoms with Crippen molar-refractivity contribution < 1.29 is 4.74 Å². The Hall–Kier alpha value is -2.28. The Morgan fingerprint density at radius 2 is 1.62 bits per heavy atom. The van der Waals surface area contributed by atoms with Gasteiger partial charge in [-0.05, 0) is 48.5 Å². The molecule has 4 nitrogen and oxygen atoms in total. The molecule has 0 aliphatic rings. The molecule has 29 heavy (non-hydrogen) atoms. The first-order valence-corrected chi connectivity index (χ1v) is 11.1. The van der Waals surface area contributed by atoms with Crippen molar-refractivity contribution >= 4 is 39.3 Å². The van der Waals surface area contributed by atoms with Gasteiger partial charge in [-0.2, -0.15) is 0 Å². The lowest BCUT2D eigenvalue weighted by Crippen LogP contribution is -2.03. The fourth-order valence-corrected chi connectivity index (χ4v) is 3.94. The lowest BCUT2D eigenvalue weighted by atomic mass is 10.2. The molecule has 0 aliphatic heterocycles. The van der Waals surface area contributed by atoms with Gasteiger partial charge in [0.1, 0.15) is 5.75 Å². The summed E-state index contributed by atoms with van der Waals surface area (Å²) in [4.78, 5) is 0. The first-order valence-electron chi connectivity index (χ1n) is 8.99. The summed E-state index contributed by atoms with van der Waals surface area (Å²) >= 11 is 11.1. The Balaban J connectivity index is 1.54.